The molecular weight excluding hydrogens is 632 g/mol. The molecule has 3 saturated heterocycles. The highest BCUT2D eigenvalue weighted by Crippen LogP contribution is 2.33. The molecule has 0 aliphatic carbocycles. The van der Waals surface area contributed by atoms with Gasteiger partial charge in [-0.3, -0.25) is 0 Å². The molecule has 254 valence electrons. The predicted molar refractivity (Wildman–Crippen MR) is 175 cm³/mol. The van der Waals surface area contributed by atoms with Crippen molar-refractivity contribution in [2.24, 2.45) is 0 Å². The molecule has 6 atom stereocenters. The maximum atomic E-state index is 12.9. The van der Waals surface area contributed by atoms with E-state index < -0.39 is 42.3 Å². The Balaban J connectivity index is 0.894. The average Bonchev–Trinajstić information content (AvgIpc) is 3.56. The topological polar surface area (TPSA) is 128 Å². The molecule has 6 unspecified atom stereocenters. The van der Waals surface area contributed by atoms with E-state index in [1.54, 1.807) is 24.3 Å². The third-order valence-electron chi connectivity index (χ3n) is 9.12. The van der Waals surface area contributed by atoms with Crippen LogP contribution < -0.4 is 9.47 Å². The Morgan fingerprint density at radius 1 is 0.735 bits per heavy atom. The van der Waals surface area contributed by atoms with Crippen molar-refractivity contribution in [2.45, 2.75) is 56.9 Å². The molecule has 7 rings (SSSR count). The summed E-state index contributed by atoms with van der Waals surface area (Å²) in [4.78, 5) is 38.5. The molecule has 0 saturated carbocycles. The van der Waals surface area contributed by atoms with E-state index in [2.05, 4.69) is 0 Å². The summed E-state index contributed by atoms with van der Waals surface area (Å²) in [6.07, 6.45) is -2.46. The molecule has 0 spiro atoms. The molecule has 11 heteroatoms. The number of rotatable bonds is 11. The van der Waals surface area contributed by atoms with E-state index in [4.69, 9.17) is 37.9 Å². The molecular formula is C38H36O11. The lowest BCUT2D eigenvalue weighted by atomic mass is 10.1. The van der Waals surface area contributed by atoms with Crippen LogP contribution >= 0.6 is 0 Å². The second kappa shape index (κ2) is 13.6. The summed E-state index contributed by atoms with van der Waals surface area (Å²) in [7, 11) is 0. The van der Waals surface area contributed by atoms with Crippen LogP contribution in [0.5, 0.6) is 11.5 Å². The summed E-state index contributed by atoms with van der Waals surface area (Å²) < 4.78 is 45.4. The van der Waals surface area contributed by atoms with Gasteiger partial charge in [-0.25, -0.2) is 14.4 Å². The summed E-state index contributed by atoms with van der Waals surface area (Å²) in [5.74, 6) is -0.672. The maximum Gasteiger partial charge on any atom is 0.343 e. The van der Waals surface area contributed by atoms with Crippen molar-refractivity contribution in [3.05, 3.63) is 107 Å². The van der Waals surface area contributed by atoms with E-state index in [-0.39, 0.29) is 43.0 Å². The Hall–Kier alpha value is -4.81. The maximum absolute atomic E-state index is 12.9. The van der Waals surface area contributed by atoms with Crippen LogP contribution in [0.2, 0.25) is 0 Å². The number of aryl methyl sites for hydroxylation is 1. The molecule has 3 heterocycles. The van der Waals surface area contributed by atoms with Gasteiger partial charge in [0.1, 0.15) is 29.3 Å². The highest BCUT2D eigenvalue weighted by atomic mass is 16.7. The molecule has 11 nitrogen and oxygen atoms in total. The number of carbonyl (C=O) groups excluding carboxylic acids is 3. The molecule has 3 fully saturated rings. The Labute approximate surface area is 282 Å². The fourth-order valence-electron chi connectivity index (χ4n) is 5.73. The van der Waals surface area contributed by atoms with Crippen LogP contribution in [-0.2, 0) is 28.4 Å². The minimum Gasteiger partial charge on any atom is -0.468 e. The number of carbonyl (C=O) groups is 3. The van der Waals surface area contributed by atoms with Crippen molar-refractivity contribution < 1.29 is 52.3 Å². The lowest BCUT2D eigenvalue weighted by molar-refractivity contribution is -0.0569. The van der Waals surface area contributed by atoms with E-state index >= 15 is 0 Å². The van der Waals surface area contributed by atoms with Crippen molar-refractivity contribution >= 4 is 28.7 Å². The Bertz CT molecular complexity index is 1850. The minimum atomic E-state index is -0.670. The van der Waals surface area contributed by atoms with Gasteiger partial charge in [-0.05, 0) is 92.2 Å². The Kier molecular flexibility index (Phi) is 9.08. The summed E-state index contributed by atoms with van der Waals surface area (Å²) in [5.41, 5.74) is 1.87. The minimum absolute atomic E-state index is 0.0760. The standard InChI is InChI=1S/C38H36O11/c1-22-4-6-24(7-5-22)35(39)48-31-18-42-34-32(19-43-33(31)34)49-36(40)25-10-13-29(14-11-25)47-37(41)28-9-8-27-17-30(15-12-26(27)16-28)45-21-44-23(2)38(3)20-46-38/h4-17,23,31-34H,18-21H2,1-3H3. The second-order valence-corrected chi connectivity index (χ2v) is 12.7. The highest BCUT2D eigenvalue weighted by molar-refractivity contribution is 5.97. The van der Waals surface area contributed by atoms with Gasteiger partial charge in [0.05, 0.1) is 42.6 Å². The average molecular weight is 669 g/mol. The third kappa shape index (κ3) is 7.30. The zero-order valence-electron chi connectivity index (χ0n) is 27.3. The van der Waals surface area contributed by atoms with Crippen molar-refractivity contribution in [3.8, 4) is 11.5 Å². The number of fused-ring (bicyclic) bond motifs is 2. The quantitative estimate of drug-likeness (QED) is 0.0877. The molecule has 0 amide bonds. The molecule has 0 radical (unpaired) electrons. The predicted octanol–water partition coefficient (Wildman–Crippen LogP) is 5.45. The first kappa shape index (κ1) is 32.7. The smallest absolute Gasteiger partial charge is 0.343 e. The zero-order valence-corrected chi connectivity index (χ0v) is 27.3. The highest BCUT2D eigenvalue weighted by Gasteiger charge is 2.51. The second-order valence-electron chi connectivity index (χ2n) is 12.7. The fourth-order valence-corrected chi connectivity index (χ4v) is 5.73. The summed E-state index contributed by atoms with van der Waals surface area (Å²) in [6.45, 7) is 6.93. The van der Waals surface area contributed by atoms with Crippen LogP contribution in [0.15, 0.2) is 84.9 Å². The molecule has 49 heavy (non-hydrogen) atoms. The first-order valence-corrected chi connectivity index (χ1v) is 16.1. The fraction of sp³-hybridized carbons (Fsp3) is 0.342. The van der Waals surface area contributed by atoms with E-state index in [1.165, 1.54) is 24.3 Å². The normalized spacial score (nSPS) is 24.6. The van der Waals surface area contributed by atoms with Crippen molar-refractivity contribution in [2.75, 3.05) is 26.6 Å². The van der Waals surface area contributed by atoms with Crippen molar-refractivity contribution in [1.29, 1.82) is 0 Å². The van der Waals surface area contributed by atoms with Gasteiger partial charge in [-0.1, -0.05) is 29.8 Å². The molecule has 4 aromatic rings. The number of hydrogen-bond donors (Lipinski definition) is 0. The van der Waals surface area contributed by atoms with Crippen molar-refractivity contribution in [3.63, 3.8) is 0 Å². The van der Waals surface area contributed by atoms with Crippen LogP contribution in [0.1, 0.15) is 50.5 Å². The van der Waals surface area contributed by atoms with Gasteiger partial charge in [0.2, 0.25) is 0 Å². The molecule has 3 aliphatic heterocycles. The molecule has 0 N–H and O–H groups in total. The van der Waals surface area contributed by atoms with Gasteiger partial charge in [-0.15, -0.1) is 0 Å². The number of ether oxygens (including phenoxy) is 8. The van der Waals surface area contributed by atoms with Gasteiger partial charge in [0, 0.05) is 0 Å². The van der Waals surface area contributed by atoms with Gasteiger partial charge in [0.25, 0.3) is 0 Å². The monoisotopic (exact) mass is 668 g/mol. The Morgan fingerprint density at radius 3 is 1.88 bits per heavy atom. The van der Waals surface area contributed by atoms with E-state index in [0.29, 0.717) is 23.5 Å². The SMILES string of the molecule is Cc1ccc(C(=O)OC2COC3C(OC(=O)c4ccc(OC(=O)c5ccc6cc(OCOC(C)C7(C)CO7)ccc6c5)cc4)COC23)cc1. The van der Waals surface area contributed by atoms with Crippen LogP contribution in [0.4, 0.5) is 0 Å². The number of benzene rings is 4. The number of epoxide rings is 1. The van der Waals surface area contributed by atoms with Gasteiger partial charge in [0.15, 0.2) is 19.0 Å². The van der Waals surface area contributed by atoms with E-state index in [9.17, 15) is 14.4 Å². The van der Waals surface area contributed by atoms with Gasteiger partial charge in [-0.2, -0.15) is 0 Å². The van der Waals surface area contributed by atoms with E-state index in [1.807, 2.05) is 57.2 Å². The van der Waals surface area contributed by atoms with E-state index in [0.717, 1.165) is 16.3 Å². The third-order valence-corrected chi connectivity index (χ3v) is 9.12. The van der Waals surface area contributed by atoms with Crippen molar-refractivity contribution in [1.82, 2.24) is 0 Å². The van der Waals surface area contributed by atoms with Gasteiger partial charge >= 0.3 is 17.9 Å². The summed E-state index contributed by atoms with van der Waals surface area (Å²) in [5, 5.41) is 1.73. The molecule has 4 aromatic carbocycles. The largest absolute Gasteiger partial charge is 0.468 e. The van der Waals surface area contributed by atoms with Crippen LogP contribution in [0, 0.1) is 6.92 Å². The Morgan fingerprint density at radius 2 is 1.27 bits per heavy atom. The first-order valence-electron chi connectivity index (χ1n) is 16.1. The molecule has 3 aliphatic rings. The lowest BCUT2D eigenvalue weighted by Crippen LogP contribution is -2.36. The zero-order chi connectivity index (χ0) is 34.1. The summed E-state index contributed by atoms with van der Waals surface area (Å²) in [6, 6.07) is 24.0. The van der Waals surface area contributed by atoms with Crippen LogP contribution in [-0.4, -0.2) is 80.6 Å². The molecule has 0 bridgehead atoms. The number of esters is 3. The lowest BCUT2D eigenvalue weighted by Gasteiger charge is -2.17. The number of hydrogen-bond acceptors (Lipinski definition) is 11. The first-order chi connectivity index (χ1) is 23.6. The van der Waals surface area contributed by atoms with Crippen LogP contribution in [0.3, 0.4) is 0 Å². The van der Waals surface area contributed by atoms with Gasteiger partial charge < -0.3 is 37.9 Å². The van der Waals surface area contributed by atoms with Crippen LogP contribution in [0.25, 0.3) is 10.8 Å². The molecule has 0 aromatic heterocycles. The summed E-state index contributed by atoms with van der Waals surface area (Å²) >= 11 is 0.